The fraction of sp³-hybridized carbons (Fsp3) is 0.556. The molecule has 0 N–H and O–H groups in total. The normalized spacial score (nSPS) is 12.3. The number of rotatable bonds is 11. The second-order valence-corrected chi connectivity index (χ2v) is 16.0. The van der Waals surface area contributed by atoms with Crippen LogP contribution in [0.15, 0.2) is 21.1 Å². The molecule has 0 atom stereocenters. The van der Waals surface area contributed by atoms with Crippen LogP contribution in [0, 0.1) is 0 Å². The third kappa shape index (κ3) is 16.8. The molecule has 4 rings (SSSR count). The standard InChI is InChI=1S/C12H9F8N3OS2.C8H7ClF6N2O.C5H5F2NO2S2.2CH4/c1-23-9(24-4-11(15,16)17)5(7(22-23)12(18,19)20)3-25-10-21-2-6(26-10)8(13)14;1-17-6(18-3-7(10,11)12)4(2-9)5(16-17)8(13,14)15;1-12(9,10)5-8-2-3(11-5)4(6)7;;/h2,8H,3-4H2,1H3;2-3H2,1H3;2,4H,1H3;2*1H4. The number of halogens is 17. The number of ether oxygens (including phenoxy) is 2. The molecule has 4 heterocycles. The quantitative estimate of drug-likeness (QED) is 0.0823. The van der Waals surface area contributed by atoms with Gasteiger partial charge >= 0.3 is 24.7 Å². The number of aryl methyl sites for hydroxylation is 2. The maximum absolute atomic E-state index is 13.1. The lowest BCUT2D eigenvalue weighted by molar-refractivity contribution is -0.155. The lowest BCUT2D eigenvalue weighted by Crippen LogP contribution is -2.20. The van der Waals surface area contributed by atoms with Crippen LogP contribution >= 0.6 is 46.0 Å². The van der Waals surface area contributed by atoms with E-state index in [2.05, 4.69) is 29.6 Å². The predicted octanol–water partition coefficient (Wildman–Crippen LogP) is 10.9. The third-order valence-corrected chi connectivity index (χ3v) is 10.8. The van der Waals surface area contributed by atoms with Crippen molar-refractivity contribution in [3.63, 3.8) is 0 Å². The van der Waals surface area contributed by atoms with Gasteiger partial charge in [-0.1, -0.05) is 26.6 Å². The molecular formula is C27H29ClF16N6O4S4. The Balaban J connectivity index is 0.000000886. The highest BCUT2D eigenvalue weighted by Gasteiger charge is 2.41. The van der Waals surface area contributed by atoms with E-state index in [0.717, 1.165) is 32.7 Å². The van der Waals surface area contributed by atoms with E-state index in [1.54, 1.807) is 0 Å². The average molecular weight is 969 g/mol. The molecule has 10 nitrogen and oxygen atoms in total. The van der Waals surface area contributed by atoms with E-state index in [1.807, 2.05) is 0 Å². The summed E-state index contributed by atoms with van der Waals surface area (Å²) in [6, 6.07) is 0. The van der Waals surface area contributed by atoms with Crippen molar-refractivity contribution < 1.29 is 88.1 Å². The number of nitrogens with zero attached hydrogens (tertiary/aromatic N) is 6. The fourth-order valence-corrected chi connectivity index (χ4v) is 7.32. The topological polar surface area (TPSA) is 114 Å². The summed E-state index contributed by atoms with van der Waals surface area (Å²) in [7, 11) is -1.40. The molecule has 0 aliphatic heterocycles. The summed E-state index contributed by atoms with van der Waals surface area (Å²) in [4.78, 5) is 6.30. The van der Waals surface area contributed by atoms with Gasteiger partial charge < -0.3 is 9.47 Å². The summed E-state index contributed by atoms with van der Waals surface area (Å²) in [5.74, 6) is -2.51. The average Bonchev–Trinajstić information content (AvgIpc) is 3.82. The molecule has 4 aromatic rings. The molecule has 0 radical (unpaired) electrons. The molecule has 31 heteroatoms. The minimum atomic E-state index is -4.93. The van der Waals surface area contributed by atoms with E-state index in [1.165, 1.54) is 0 Å². The molecule has 0 spiro atoms. The van der Waals surface area contributed by atoms with Crippen LogP contribution in [0.2, 0.25) is 0 Å². The number of hydrogen-bond donors (Lipinski definition) is 0. The molecular weight excluding hydrogens is 940 g/mol. The van der Waals surface area contributed by atoms with E-state index >= 15 is 0 Å². The molecule has 0 bridgehead atoms. The van der Waals surface area contributed by atoms with Crippen LogP contribution in [-0.2, 0) is 47.9 Å². The molecule has 0 aliphatic rings. The Morgan fingerprint density at radius 2 is 1.12 bits per heavy atom. The van der Waals surface area contributed by atoms with Crippen LogP contribution in [0.5, 0.6) is 11.8 Å². The van der Waals surface area contributed by atoms with Gasteiger partial charge in [0.05, 0.1) is 26.8 Å². The number of thioether (sulfide) groups is 1. The zero-order valence-electron chi connectivity index (χ0n) is 27.5. The highest BCUT2D eigenvalue weighted by atomic mass is 35.5. The molecule has 334 valence electrons. The van der Waals surface area contributed by atoms with E-state index in [0.29, 0.717) is 43.8 Å². The van der Waals surface area contributed by atoms with Crippen molar-refractivity contribution in [2.75, 3.05) is 19.5 Å². The first-order valence-electron chi connectivity index (χ1n) is 13.9. The number of sulfone groups is 1. The van der Waals surface area contributed by atoms with Gasteiger partial charge in [0.1, 0.15) is 0 Å². The Labute approximate surface area is 335 Å². The Bertz CT molecular complexity index is 1990. The van der Waals surface area contributed by atoms with E-state index in [4.69, 9.17) is 11.6 Å². The van der Waals surface area contributed by atoms with Crippen LogP contribution in [0.1, 0.15) is 60.0 Å². The Kier molecular flexibility index (Phi) is 20.1. The molecule has 0 amide bonds. The van der Waals surface area contributed by atoms with Gasteiger partial charge in [-0.05, 0) is 0 Å². The van der Waals surface area contributed by atoms with Crippen molar-refractivity contribution >= 4 is 55.9 Å². The maximum atomic E-state index is 13.1. The molecule has 0 aliphatic carbocycles. The van der Waals surface area contributed by atoms with Gasteiger partial charge in [-0.3, -0.25) is 0 Å². The van der Waals surface area contributed by atoms with Crippen molar-refractivity contribution in [1.82, 2.24) is 29.5 Å². The number of aromatic nitrogens is 6. The van der Waals surface area contributed by atoms with Crippen LogP contribution < -0.4 is 9.47 Å². The first kappa shape index (κ1) is 54.8. The largest absolute Gasteiger partial charge is 0.468 e. The Morgan fingerprint density at radius 1 is 0.724 bits per heavy atom. The molecule has 0 aromatic carbocycles. The van der Waals surface area contributed by atoms with Gasteiger partial charge in [0.25, 0.3) is 12.9 Å². The van der Waals surface area contributed by atoms with Crippen molar-refractivity contribution in [2.45, 2.75) is 72.7 Å². The summed E-state index contributed by atoms with van der Waals surface area (Å²) in [5.41, 5.74) is -3.99. The van der Waals surface area contributed by atoms with Crippen LogP contribution in [0.4, 0.5) is 70.2 Å². The van der Waals surface area contributed by atoms with Gasteiger partial charge in [-0.2, -0.15) is 62.9 Å². The van der Waals surface area contributed by atoms with Crippen molar-refractivity contribution in [3.05, 3.63) is 44.7 Å². The van der Waals surface area contributed by atoms with Gasteiger partial charge in [0, 0.05) is 38.5 Å². The number of thiazole rings is 2. The highest BCUT2D eigenvalue weighted by molar-refractivity contribution is 8.00. The second-order valence-electron chi connectivity index (χ2n) is 10.2. The van der Waals surface area contributed by atoms with E-state index in [-0.39, 0.29) is 33.3 Å². The van der Waals surface area contributed by atoms with Crippen LogP contribution in [0.3, 0.4) is 0 Å². The summed E-state index contributed by atoms with van der Waals surface area (Å²) < 4.78 is 230. The van der Waals surface area contributed by atoms with Gasteiger partial charge in [0.2, 0.25) is 25.9 Å². The molecule has 4 aromatic heterocycles. The lowest BCUT2D eigenvalue weighted by Gasteiger charge is -2.11. The maximum Gasteiger partial charge on any atom is 0.435 e. The fourth-order valence-electron chi connectivity index (χ4n) is 3.59. The predicted molar refractivity (Wildman–Crippen MR) is 179 cm³/mol. The first-order valence-corrected chi connectivity index (χ1v) is 18.9. The van der Waals surface area contributed by atoms with E-state index < -0.39 is 107 Å². The van der Waals surface area contributed by atoms with Crippen molar-refractivity contribution in [3.8, 4) is 11.8 Å². The first-order chi connectivity index (χ1) is 25.4. The van der Waals surface area contributed by atoms with Gasteiger partial charge in [-0.25, -0.2) is 45.3 Å². The molecule has 0 unspecified atom stereocenters. The van der Waals surface area contributed by atoms with E-state index in [9.17, 15) is 78.7 Å². The van der Waals surface area contributed by atoms with Crippen molar-refractivity contribution in [2.24, 2.45) is 14.1 Å². The highest BCUT2D eigenvalue weighted by Crippen LogP contribution is 2.41. The molecule has 58 heavy (non-hydrogen) atoms. The van der Waals surface area contributed by atoms with Gasteiger partial charge in [0.15, 0.2) is 28.9 Å². The van der Waals surface area contributed by atoms with Crippen LogP contribution in [0.25, 0.3) is 0 Å². The van der Waals surface area contributed by atoms with Crippen molar-refractivity contribution in [1.29, 1.82) is 0 Å². The zero-order valence-corrected chi connectivity index (χ0v) is 31.5. The smallest absolute Gasteiger partial charge is 0.435 e. The zero-order chi connectivity index (χ0) is 43.2. The SMILES string of the molecule is C.C.CS(=O)(=O)c1ncc(C(F)F)s1.Cn1nc(C(F)(F)F)c(CCl)c1OCC(F)(F)F.Cn1nc(C(F)(F)F)c(CSc2ncc(C(F)F)s2)c1OCC(F)(F)F. The summed E-state index contributed by atoms with van der Waals surface area (Å²) in [6.07, 6.45) is -21.9. The summed E-state index contributed by atoms with van der Waals surface area (Å²) in [5, 5.41) is 6.25. The minimum absolute atomic E-state index is 0. The Morgan fingerprint density at radius 3 is 1.45 bits per heavy atom. The van der Waals surface area contributed by atoms with Gasteiger partial charge in [-0.15, -0.1) is 34.3 Å². The Hall–Kier alpha value is -3.25. The second kappa shape index (κ2) is 21.3. The van der Waals surface area contributed by atoms with Crippen LogP contribution in [-0.4, -0.2) is 69.8 Å². The monoisotopic (exact) mass is 968 g/mol. The number of alkyl halides is 17. The summed E-state index contributed by atoms with van der Waals surface area (Å²) in [6.45, 7) is -3.51. The summed E-state index contributed by atoms with van der Waals surface area (Å²) >= 11 is 7.03. The molecule has 0 saturated heterocycles. The molecule has 0 saturated carbocycles. The molecule has 0 fully saturated rings. The number of hydrogen-bond acceptors (Lipinski definition) is 11. The lowest BCUT2D eigenvalue weighted by atomic mass is 10.2. The third-order valence-electron chi connectivity index (χ3n) is 5.68. The minimum Gasteiger partial charge on any atom is -0.468 e.